The summed E-state index contributed by atoms with van der Waals surface area (Å²) in [5.74, 6) is 0.497. The van der Waals surface area contributed by atoms with Crippen LogP contribution >= 0.6 is 0 Å². The molecule has 3 heteroatoms. The van der Waals surface area contributed by atoms with Crippen LogP contribution in [0.1, 0.15) is 27.2 Å². The van der Waals surface area contributed by atoms with E-state index in [2.05, 4.69) is 13.0 Å². The first-order valence-electron chi connectivity index (χ1n) is 4.01. The molecule has 0 aromatic heterocycles. The lowest BCUT2D eigenvalue weighted by atomic mass is 9.93. The van der Waals surface area contributed by atoms with E-state index in [9.17, 15) is 4.21 Å². The summed E-state index contributed by atoms with van der Waals surface area (Å²) in [6.45, 7) is 5.93. The molecule has 2 unspecified atom stereocenters. The minimum absolute atomic E-state index is 0.497. The molecule has 0 heterocycles. The predicted octanol–water partition coefficient (Wildman–Crippen LogP) is 2.47. The maximum Gasteiger partial charge on any atom is 0.186 e. The Hall–Kier alpha value is -0.410. The highest BCUT2D eigenvalue weighted by Gasteiger charge is 2.17. The van der Waals surface area contributed by atoms with Gasteiger partial charge in [0.1, 0.15) is 0 Å². The highest BCUT2D eigenvalue weighted by molar-refractivity contribution is 7.83. The minimum atomic E-state index is -1.82. The Morgan fingerprint density at radius 3 is 2.58 bits per heavy atom. The number of allylic oxidation sites excluding steroid dienone is 3. The van der Waals surface area contributed by atoms with Crippen LogP contribution in [0.25, 0.3) is 0 Å². The molecule has 2 nitrogen and oxygen atoms in total. The molecule has 0 fully saturated rings. The van der Waals surface area contributed by atoms with Crippen LogP contribution < -0.4 is 0 Å². The van der Waals surface area contributed by atoms with Gasteiger partial charge in [0.15, 0.2) is 11.1 Å². The summed E-state index contributed by atoms with van der Waals surface area (Å²) in [4.78, 5) is 0.619. The van der Waals surface area contributed by atoms with E-state index >= 15 is 0 Å². The molecule has 68 valence electrons. The van der Waals surface area contributed by atoms with E-state index < -0.39 is 11.1 Å². The van der Waals surface area contributed by atoms with Crippen molar-refractivity contribution >= 4 is 11.1 Å². The van der Waals surface area contributed by atoms with Crippen molar-refractivity contribution in [3.63, 3.8) is 0 Å². The molecule has 0 aliphatic heterocycles. The molecule has 0 saturated carbocycles. The van der Waals surface area contributed by atoms with Gasteiger partial charge in [-0.2, -0.15) is 0 Å². The Balaban J connectivity index is 3.05. The molecule has 0 aromatic rings. The molecule has 2 atom stereocenters. The van der Waals surface area contributed by atoms with E-state index in [1.807, 2.05) is 13.8 Å². The van der Waals surface area contributed by atoms with Gasteiger partial charge >= 0.3 is 0 Å². The third kappa shape index (κ3) is 1.84. The zero-order chi connectivity index (χ0) is 9.30. The standard InChI is InChI=1S/C9H14O2S/c1-6-4-7(2)9(12(10)11)8(3)5-6/h4,6H,5H2,1-3H3,(H,10,11). The fourth-order valence-corrected chi connectivity index (χ4v) is 2.49. The summed E-state index contributed by atoms with van der Waals surface area (Å²) >= 11 is -1.82. The maximum absolute atomic E-state index is 10.9. The van der Waals surface area contributed by atoms with Crippen LogP contribution in [0.2, 0.25) is 0 Å². The molecule has 0 bridgehead atoms. The molecule has 0 radical (unpaired) electrons. The lowest BCUT2D eigenvalue weighted by Gasteiger charge is -2.18. The van der Waals surface area contributed by atoms with Gasteiger partial charge in [0, 0.05) is 0 Å². The van der Waals surface area contributed by atoms with E-state index in [0.29, 0.717) is 10.8 Å². The van der Waals surface area contributed by atoms with E-state index in [-0.39, 0.29) is 0 Å². The van der Waals surface area contributed by atoms with Gasteiger partial charge in [-0.15, -0.1) is 0 Å². The van der Waals surface area contributed by atoms with Crippen LogP contribution in [0.3, 0.4) is 0 Å². The molecular weight excluding hydrogens is 172 g/mol. The van der Waals surface area contributed by atoms with E-state index in [4.69, 9.17) is 4.55 Å². The molecule has 0 spiro atoms. The van der Waals surface area contributed by atoms with Crippen molar-refractivity contribution in [2.75, 3.05) is 0 Å². The van der Waals surface area contributed by atoms with Crippen LogP contribution in [0.5, 0.6) is 0 Å². The largest absolute Gasteiger partial charge is 0.302 e. The van der Waals surface area contributed by atoms with Crippen LogP contribution in [-0.4, -0.2) is 8.76 Å². The molecule has 12 heavy (non-hydrogen) atoms. The second-order valence-electron chi connectivity index (χ2n) is 3.39. The predicted molar refractivity (Wildman–Crippen MR) is 51.0 cm³/mol. The molecule has 1 N–H and O–H groups in total. The number of rotatable bonds is 1. The summed E-state index contributed by atoms with van der Waals surface area (Å²) < 4.78 is 19.9. The summed E-state index contributed by atoms with van der Waals surface area (Å²) in [6.07, 6.45) is 2.95. The van der Waals surface area contributed by atoms with Crippen molar-refractivity contribution in [2.45, 2.75) is 27.2 Å². The van der Waals surface area contributed by atoms with Crippen LogP contribution in [0, 0.1) is 5.92 Å². The van der Waals surface area contributed by atoms with Crippen molar-refractivity contribution in [3.8, 4) is 0 Å². The van der Waals surface area contributed by atoms with Gasteiger partial charge in [-0.3, -0.25) is 0 Å². The summed E-state index contributed by atoms with van der Waals surface area (Å²) in [5, 5.41) is 0. The molecule has 1 aliphatic carbocycles. The molecule has 1 aliphatic rings. The highest BCUT2D eigenvalue weighted by atomic mass is 32.2. The van der Waals surface area contributed by atoms with Crippen LogP contribution in [-0.2, 0) is 11.1 Å². The molecule has 1 rings (SSSR count). The fraction of sp³-hybridized carbons (Fsp3) is 0.556. The topological polar surface area (TPSA) is 37.3 Å². The van der Waals surface area contributed by atoms with Crippen LogP contribution in [0.15, 0.2) is 22.1 Å². The summed E-state index contributed by atoms with van der Waals surface area (Å²) in [6, 6.07) is 0. The lowest BCUT2D eigenvalue weighted by Crippen LogP contribution is -2.07. The number of hydrogen-bond acceptors (Lipinski definition) is 1. The van der Waals surface area contributed by atoms with Gasteiger partial charge in [-0.1, -0.05) is 18.6 Å². The van der Waals surface area contributed by atoms with Crippen molar-refractivity contribution in [2.24, 2.45) is 5.92 Å². The lowest BCUT2D eigenvalue weighted by molar-refractivity contribution is 0.569. The molecule has 0 saturated heterocycles. The zero-order valence-corrected chi connectivity index (χ0v) is 8.44. The Labute approximate surface area is 75.7 Å². The van der Waals surface area contributed by atoms with Gasteiger partial charge in [0.25, 0.3) is 0 Å². The Morgan fingerprint density at radius 1 is 1.58 bits per heavy atom. The SMILES string of the molecule is CC1=CC(C)CC(C)=C1S(=O)O. The van der Waals surface area contributed by atoms with Gasteiger partial charge in [0.2, 0.25) is 0 Å². The van der Waals surface area contributed by atoms with Crippen molar-refractivity contribution in [1.29, 1.82) is 0 Å². The first-order chi connectivity index (χ1) is 5.52. The van der Waals surface area contributed by atoms with Gasteiger partial charge in [0.05, 0.1) is 4.91 Å². The Kier molecular flexibility index (Phi) is 2.85. The zero-order valence-electron chi connectivity index (χ0n) is 7.63. The molecular formula is C9H14O2S. The molecule has 0 amide bonds. The first-order valence-corrected chi connectivity index (χ1v) is 5.12. The van der Waals surface area contributed by atoms with Crippen molar-refractivity contribution < 1.29 is 8.76 Å². The second kappa shape index (κ2) is 3.54. The van der Waals surface area contributed by atoms with Crippen LogP contribution in [0.4, 0.5) is 0 Å². The van der Waals surface area contributed by atoms with Crippen molar-refractivity contribution in [3.05, 3.63) is 22.1 Å². The monoisotopic (exact) mass is 186 g/mol. The fourth-order valence-electron chi connectivity index (χ4n) is 1.76. The third-order valence-electron chi connectivity index (χ3n) is 2.08. The average molecular weight is 186 g/mol. The third-order valence-corrected chi connectivity index (χ3v) is 3.10. The summed E-state index contributed by atoms with van der Waals surface area (Å²) in [5.41, 5.74) is 2.00. The van der Waals surface area contributed by atoms with Gasteiger partial charge in [-0.25, -0.2) is 4.21 Å². The highest BCUT2D eigenvalue weighted by Crippen LogP contribution is 2.29. The first kappa shape index (κ1) is 9.68. The number of hydrogen-bond donors (Lipinski definition) is 1. The second-order valence-corrected chi connectivity index (χ2v) is 4.30. The van der Waals surface area contributed by atoms with Gasteiger partial charge in [-0.05, 0) is 31.8 Å². The quantitative estimate of drug-likeness (QED) is 0.639. The van der Waals surface area contributed by atoms with E-state index in [0.717, 1.165) is 17.6 Å². The minimum Gasteiger partial charge on any atom is -0.302 e. The smallest absolute Gasteiger partial charge is 0.186 e. The van der Waals surface area contributed by atoms with Gasteiger partial charge < -0.3 is 4.55 Å². The molecule has 0 aromatic carbocycles. The van der Waals surface area contributed by atoms with Crippen molar-refractivity contribution in [1.82, 2.24) is 0 Å². The van der Waals surface area contributed by atoms with E-state index in [1.54, 1.807) is 0 Å². The average Bonchev–Trinajstić information content (AvgIpc) is 1.82. The Bertz CT molecular complexity index is 276. The van der Waals surface area contributed by atoms with E-state index in [1.165, 1.54) is 0 Å². The maximum atomic E-state index is 10.9. The Morgan fingerprint density at radius 2 is 2.17 bits per heavy atom. The summed E-state index contributed by atoms with van der Waals surface area (Å²) in [7, 11) is 0. The normalized spacial score (nSPS) is 27.0.